The molecule has 0 heterocycles. The molecule has 36 heavy (non-hydrogen) atoms. The number of amides is 2. The molecule has 2 rings (SSSR count). The number of carbonyl (C=O) groups excluding carboxylic acids is 2. The van der Waals surface area contributed by atoms with Crippen LogP contribution in [0.25, 0.3) is 0 Å². The Hall–Kier alpha value is -2.51. The molecule has 0 bridgehead atoms. The molecular weight excluding hydrogens is 561 g/mol. The van der Waals surface area contributed by atoms with Gasteiger partial charge in [-0.2, -0.15) is 13.2 Å². The van der Waals surface area contributed by atoms with Crippen LogP contribution in [-0.4, -0.2) is 50.9 Å². The van der Waals surface area contributed by atoms with Gasteiger partial charge in [-0.25, -0.2) is 21.6 Å². The Kier molecular flexibility index (Phi) is 8.96. The highest BCUT2D eigenvalue weighted by atomic mass is 35.5. The lowest BCUT2D eigenvalue weighted by molar-refractivity contribution is -0.274. The fourth-order valence-electron chi connectivity index (χ4n) is 3.18. The van der Waals surface area contributed by atoms with Crippen LogP contribution in [-0.2, 0) is 15.5 Å². The van der Waals surface area contributed by atoms with Crippen LogP contribution in [0.4, 0.5) is 32.0 Å². The molecule has 2 amide bonds. The molecule has 0 aliphatic rings. The van der Waals surface area contributed by atoms with Crippen LogP contribution in [0.5, 0.6) is 0 Å². The fourth-order valence-corrected chi connectivity index (χ4v) is 4.66. The van der Waals surface area contributed by atoms with E-state index in [1.165, 1.54) is 25.1 Å². The van der Waals surface area contributed by atoms with E-state index in [1.54, 1.807) is 0 Å². The molecule has 0 radical (unpaired) electrons. The first-order valence-corrected chi connectivity index (χ1v) is 12.6. The summed E-state index contributed by atoms with van der Waals surface area (Å²) in [6, 6.07) is 4.28. The summed E-state index contributed by atoms with van der Waals surface area (Å²) in [5.74, 6) is -2.32. The van der Waals surface area contributed by atoms with Gasteiger partial charge in [0.15, 0.2) is 0 Å². The number of rotatable bonds is 8. The molecule has 15 heteroatoms. The number of halogens is 8. The lowest BCUT2D eigenvalue weighted by Crippen LogP contribution is -2.44. The van der Waals surface area contributed by atoms with Crippen molar-refractivity contribution in [3.63, 3.8) is 0 Å². The first-order chi connectivity index (χ1) is 16.4. The molecule has 0 fully saturated rings. The third kappa shape index (κ3) is 6.62. The first-order valence-electron chi connectivity index (χ1n) is 9.80. The molecule has 2 aromatic rings. The number of nitrogens with one attached hydrogen (secondary N) is 2. The smallest absolute Gasteiger partial charge is 0.348 e. The van der Waals surface area contributed by atoms with Gasteiger partial charge in [-0.05, 0) is 31.2 Å². The molecule has 2 atom stereocenters. The first kappa shape index (κ1) is 29.7. The van der Waals surface area contributed by atoms with E-state index >= 15 is 0 Å². The third-order valence-electron chi connectivity index (χ3n) is 4.77. The number of carbonyl (C=O) groups is 2. The van der Waals surface area contributed by atoms with E-state index in [4.69, 9.17) is 23.2 Å². The zero-order chi connectivity index (χ0) is 27.6. The summed E-state index contributed by atoms with van der Waals surface area (Å²) in [7, 11) is -3.45. The standard InChI is InChI=1S/C21H18Cl2F6N2O4S/c1-10(9-36(2,34)35)30-18(33)16-12(4-3-5-13(16)22)17(32)31-15-7-6-11(8-14(15)23)20(26,19(24)25)21(27,28)29/h3-8,10,19H,9H2,1-2H3,(H,30,33)(H,31,32)/t10-,20?/m0/s1. The SMILES string of the molecule is C[C@@H](CS(C)(=O)=O)NC(=O)c1c(Cl)cccc1C(=O)Nc1ccc(C(F)(C(F)F)C(F)(F)F)cc1Cl. The molecule has 0 saturated carbocycles. The summed E-state index contributed by atoms with van der Waals surface area (Å²) in [4.78, 5) is 25.5. The van der Waals surface area contributed by atoms with Gasteiger partial charge in [-0.15, -0.1) is 0 Å². The van der Waals surface area contributed by atoms with Crippen molar-refractivity contribution in [1.29, 1.82) is 0 Å². The number of sulfone groups is 1. The van der Waals surface area contributed by atoms with Crippen LogP contribution in [0, 0.1) is 0 Å². The Morgan fingerprint density at radius 3 is 2.11 bits per heavy atom. The van der Waals surface area contributed by atoms with Crippen LogP contribution in [0.3, 0.4) is 0 Å². The van der Waals surface area contributed by atoms with Gasteiger partial charge in [0.2, 0.25) is 0 Å². The van der Waals surface area contributed by atoms with Crippen molar-refractivity contribution in [3.05, 3.63) is 63.1 Å². The van der Waals surface area contributed by atoms with Crippen LogP contribution >= 0.6 is 23.2 Å². The summed E-state index contributed by atoms with van der Waals surface area (Å²) < 4.78 is 102. The molecule has 0 aliphatic carbocycles. The van der Waals surface area contributed by atoms with Gasteiger partial charge in [-0.1, -0.05) is 35.3 Å². The summed E-state index contributed by atoms with van der Waals surface area (Å²) in [5, 5.41) is 3.70. The Labute approximate surface area is 211 Å². The van der Waals surface area contributed by atoms with E-state index in [0.29, 0.717) is 18.2 Å². The maximum atomic E-state index is 14.3. The predicted molar refractivity (Wildman–Crippen MR) is 122 cm³/mol. The molecule has 0 saturated heterocycles. The monoisotopic (exact) mass is 578 g/mol. The van der Waals surface area contributed by atoms with Gasteiger partial charge in [0.25, 0.3) is 23.9 Å². The van der Waals surface area contributed by atoms with Crippen molar-refractivity contribution in [2.75, 3.05) is 17.3 Å². The Bertz CT molecular complexity index is 1270. The third-order valence-corrected chi connectivity index (χ3v) is 6.50. The topological polar surface area (TPSA) is 92.3 Å². The van der Waals surface area contributed by atoms with Crippen molar-refractivity contribution < 1.29 is 44.3 Å². The van der Waals surface area contributed by atoms with E-state index in [-0.39, 0.29) is 21.8 Å². The predicted octanol–water partition coefficient (Wildman–Crippen LogP) is 5.40. The number of benzene rings is 2. The lowest BCUT2D eigenvalue weighted by Gasteiger charge is -2.27. The highest BCUT2D eigenvalue weighted by molar-refractivity contribution is 7.90. The van der Waals surface area contributed by atoms with Gasteiger partial charge in [0, 0.05) is 17.9 Å². The minimum absolute atomic E-state index is 0.183. The normalized spacial score (nSPS) is 14.8. The van der Waals surface area contributed by atoms with Gasteiger partial charge in [0.1, 0.15) is 9.84 Å². The van der Waals surface area contributed by atoms with Crippen molar-refractivity contribution >= 4 is 50.5 Å². The van der Waals surface area contributed by atoms with Crippen molar-refractivity contribution in [3.8, 4) is 0 Å². The lowest BCUT2D eigenvalue weighted by atomic mass is 9.95. The summed E-state index contributed by atoms with van der Waals surface area (Å²) in [6.07, 6.45) is -9.44. The zero-order valence-corrected chi connectivity index (χ0v) is 20.7. The van der Waals surface area contributed by atoms with Crippen LogP contribution < -0.4 is 10.6 Å². The van der Waals surface area contributed by atoms with Crippen LogP contribution in [0.1, 0.15) is 33.2 Å². The quantitative estimate of drug-likeness (QED) is 0.410. The second kappa shape index (κ2) is 10.9. The number of alkyl halides is 6. The van der Waals surface area contributed by atoms with Crippen molar-refractivity contribution in [2.45, 2.75) is 31.2 Å². The van der Waals surface area contributed by atoms with Crippen LogP contribution in [0.2, 0.25) is 10.0 Å². The molecular formula is C21H18Cl2F6N2O4S. The van der Waals surface area contributed by atoms with E-state index in [0.717, 1.165) is 6.26 Å². The average molecular weight is 579 g/mol. The van der Waals surface area contributed by atoms with Crippen molar-refractivity contribution in [1.82, 2.24) is 5.32 Å². The molecule has 0 spiro atoms. The second-order valence-electron chi connectivity index (χ2n) is 7.79. The van der Waals surface area contributed by atoms with E-state index < -0.39 is 62.3 Å². The number of hydrogen-bond donors (Lipinski definition) is 2. The fraction of sp³-hybridized carbons (Fsp3) is 0.333. The van der Waals surface area contributed by atoms with Crippen molar-refractivity contribution in [2.24, 2.45) is 0 Å². The second-order valence-corrected chi connectivity index (χ2v) is 10.8. The molecule has 198 valence electrons. The molecule has 1 unspecified atom stereocenters. The molecule has 2 aromatic carbocycles. The number of hydrogen-bond acceptors (Lipinski definition) is 4. The molecule has 0 aromatic heterocycles. The summed E-state index contributed by atoms with van der Waals surface area (Å²) in [5.41, 5.74) is -7.52. The Morgan fingerprint density at radius 2 is 1.61 bits per heavy atom. The summed E-state index contributed by atoms with van der Waals surface area (Å²) in [6.45, 7) is 1.40. The molecule has 2 N–H and O–H groups in total. The minimum atomic E-state index is -5.95. The maximum absolute atomic E-state index is 14.3. The van der Waals surface area contributed by atoms with Gasteiger partial charge >= 0.3 is 6.18 Å². The molecule has 0 aliphatic heterocycles. The minimum Gasteiger partial charge on any atom is -0.348 e. The molecule has 6 nitrogen and oxygen atoms in total. The van der Waals surface area contributed by atoms with Gasteiger partial charge in [0.05, 0.1) is 32.6 Å². The zero-order valence-electron chi connectivity index (χ0n) is 18.4. The number of anilines is 1. The Balaban J connectivity index is 2.37. The van der Waals surface area contributed by atoms with E-state index in [2.05, 4.69) is 10.6 Å². The van der Waals surface area contributed by atoms with Gasteiger partial charge in [-0.3, -0.25) is 9.59 Å². The van der Waals surface area contributed by atoms with Gasteiger partial charge < -0.3 is 10.6 Å². The highest BCUT2D eigenvalue weighted by Crippen LogP contribution is 2.48. The van der Waals surface area contributed by atoms with E-state index in [9.17, 15) is 44.3 Å². The average Bonchev–Trinajstić information content (AvgIpc) is 2.71. The summed E-state index contributed by atoms with van der Waals surface area (Å²) >= 11 is 11.9. The largest absolute Gasteiger partial charge is 0.432 e. The Morgan fingerprint density at radius 1 is 1.00 bits per heavy atom. The van der Waals surface area contributed by atoms with Crippen LogP contribution in [0.15, 0.2) is 36.4 Å². The maximum Gasteiger partial charge on any atom is 0.432 e. The van der Waals surface area contributed by atoms with E-state index in [1.807, 2.05) is 0 Å². The highest BCUT2D eigenvalue weighted by Gasteiger charge is 2.64.